The van der Waals surface area contributed by atoms with Crippen LogP contribution in [-0.4, -0.2) is 16.1 Å². The highest BCUT2D eigenvalue weighted by molar-refractivity contribution is 6.30. The molecule has 134 valence electrons. The Morgan fingerprint density at radius 3 is 2.27 bits per heavy atom. The number of benzene rings is 2. The SMILES string of the molecule is Cc1[nH]nc(-c2ccc(Cl)cc2)c1NC(=O)c1ccc(C(F)(F)F)cc1. The second kappa shape index (κ2) is 6.84. The summed E-state index contributed by atoms with van der Waals surface area (Å²) in [4.78, 5) is 12.4. The maximum atomic E-state index is 12.6. The fourth-order valence-corrected chi connectivity index (χ4v) is 2.52. The molecule has 0 saturated heterocycles. The van der Waals surface area contributed by atoms with E-state index in [0.29, 0.717) is 22.1 Å². The van der Waals surface area contributed by atoms with Gasteiger partial charge in [0, 0.05) is 16.1 Å². The van der Waals surface area contributed by atoms with Gasteiger partial charge in [0.15, 0.2) is 0 Å². The summed E-state index contributed by atoms with van der Waals surface area (Å²) in [5.41, 5.74) is 1.63. The average Bonchev–Trinajstić information content (AvgIpc) is 2.96. The molecule has 1 amide bonds. The minimum atomic E-state index is -4.45. The van der Waals surface area contributed by atoms with Gasteiger partial charge in [0.25, 0.3) is 5.91 Å². The summed E-state index contributed by atoms with van der Waals surface area (Å²) >= 11 is 5.88. The molecular weight excluding hydrogens is 367 g/mol. The Morgan fingerprint density at radius 2 is 1.69 bits per heavy atom. The molecule has 1 aromatic heterocycles. The lowest BCUT2D eigenvalue weighted by Crippen LogP contribution is -2.13. The van der Waals surface area contributed by atoms with Crippen LogP contribution in [0.2, 0.25) is 5.02 Å². The zero-order valence-electron chi connectivity index (χ0n) is 13.5. The van der Waals surface area contributed by atoms with Gasteiger partial charge in [-0.05, 0) is 43.3 Å². The molecule has 0 spiro atoms. The fraction of sp³-hybridized carbons (Fsp3) is 0.111. The van der Waals surface area contributed by atoms with Crippen molar-refractivity contribution in [2.45, 2.75) is 13.1 Å². The third kappa shape index (κ3) is 3.72. The summed E-state index contributed by atoms with van der Waals surface area (Å²) in [7, 11) is 0. The third-order valence-corrected chi connectivity index (χ3v) is 4.03. The van der Waals surface area contributed by atoms with Gasteiger partial charge in [0.1, 0.15) is 5.69 Å². The average molecular weight is 380 g/mol. The summed E-state index contributed by atoms with van der Waals surface area (Å²) < 4.78 is 37.9. The molecule has 0 aliphatic heterocycles. The van der Waals surface area contributed by atoms with Crippen molar-refractivity contribution in [3.05, 3.63) is 70.4 Å². The standard InChI is InChI=1S/C18H13ClF3N3O/c1-10-15(16(25-24-10)11-4-8-14(19)9-5-11)23-17(26)12-2-6-13(7-3-12)18(20,21)22/h2-9H,1H3,(H,23,26)(H,24,25). The molecule has 2 N–H and O–H groups in total. The summed E-state index contributed by atoms with van der Waals surface area (Å²) in [6.45, 7) is 1.73. The smallest absolute Gasteiger partial charge is 0.319 e. The number of hydrogen-bond acceptors (Lipinski definition) is 2. The van der Waals surface area contributed by atoms with E-state index in [1.165, 1.54) is 0 Å². The van der Waals surface area contributed by atoms with Gasteiger partial charge in [0.05, 0.1) is 16.9 Å². The lowest BCUT2D eigenvalue weighted by molar-refractivity contribution is -0.137. The van der Waals surface area contributed by atoms with E-state index in [-0.39, 0.29) is 5.56 Å². The van der Waals surface area contributed by atoms with Crippen LogP contribution in [-0.2, 0) is 6.18 Å². The maximum absolute atomic E-state index is 12.6. The van der Waals surface area contributed by atoms with Crippen molar-refractivity contribution < 1.29 is 18.0 Å². The Kier molecular flexibility index (Phi) is 4.73. The van der Waals surface area contributed by atoms with Gasteiger partial charge in [-0.3, -0.25) is 9.89 Å². The zero-order valence-corrected chi connectivity index (χ0v) is 14.2. The molecule has 0 bridgehead atoms. The van der Waals surface area contributed by atoms with Crippen molar-refractivity contribution in [3.8, 4) is 11.3 Å². The first-order valence-corrected chi connectivity index (χ1v) is 7.93. The molecule has 0 saturated carbocycles. The minimum absolute atomic E-state index is 0.112. The van der Waals surface area contributed by atoms with Crippen LogP contribution in [0.25, 0.3) is 11.3 Å². The first-order valence-electron chi connectivity index (χ1n) is 7.55. The molecule has 0 fully saturated rings. The summed E-state index contributed by atoms with van der Waals surface area (Å²) in [6, 6.07) is 10.9. The molecule has 0 radical (unpaired) electrons. The van der Waals surface area contributed by atoms with Crippen LogP contribution < -0.4 is 5.32 Å². The van der Waals surface area contributed by atoms with E-state index < -0.39 is 17.6 Å². The molecule has 3 rings (SSSR count). The number of aryl methyl sites for hydroxylation is 1. The quantitative estimate of drug-likeness (QED) is 0.648. The van der Waals surface area contributed by atoms with Crippen LogP contribution in [0.15, 0.2) is 48.5 Å². The third-order valence-electron chi connectivity index (χ3n) is 3.78. The van der Waals surface area contributed by atoms with Gasteiger partial charge < -0.3 is 5.32 Å². The monoisotopic (exact) mass is 379 g/mol. The van der Waals surface area contributed by atoms with E-state index in [1.807, 2.05) is 0 Å². The van der Waals surface area contributed by atoms with E-state index in [0.717, 1.165) is 29.8 Å². The normalized spacial score (nSPS) is 11.4. The number of carbonyl (C=O) groups is 1. The predicted molar refractivity (Wildman–Crippen MR) is 93.2 cm³/mol. The van der Waals surface area contributed by atoms with Crippen LogP contribution in [0.5, 0.6) is 0 Å². The first kappa shape index (κ1) is 18.0. The molecule has 4 nitrogen and oxygen atoms in total. The number of nitrogens with one attached hydrogen (secondary N) is 2. The first-order chi connectivity index (χ1) is 12.3. The highest BCUT2D eigenvalue weighted by Crippen LogP contribution is 2.31. The molecule has 26 heavy (non-hydrogen) atoms. The van der Waals surface area contributed by atoms with Crippen molar-refractivity contribution in [1.29, 1.82) is 0 Å². The topological polar surface area (TPSA) is 57.8 Å². The predicted octanol–water partition coefficient (Wildman–Crippen LogP) is 5.31. The van der Waals surface area contributed by atoms with Gasteiger partial charge >= 0.3 is 6.18 Å². The molecule has 2 aromatic carbocycles. The van der Waals surface area contributed by atoms with Crippen LogP contribution in [0.1, 0.15) is 21.6 Å². The number of aromatic nitrogens is 2. The minimum Gasteiger partial charge on any atom is -0.319 e. The maximum Gasteiger partial charge on any atom is 0.416 e. The summed E-state index contributed by atoms with van der Waals surface area (Å²) in [6.07, 6.45) is -4.45. The van der Waals surface area contributed by atoms with Crippen molar-refractivity contribution in [1.82, 2.24) is 10.2 Å². The van der Waals surface area contributed by atoms with E-state index in [9.17, 15) is 18.0 Å². The number of nitrogens with zero attached hydrogens (tertiary/aromatic N) is 1. The van der Waals surface area contributed by atoms with Crippen LogP contribution >= 0.6 is 11.6 Å². The number of hydrogen-bond donors (Lipinski definition) is 2. The van der Waals surface area contributed by atoms with Gasteiger partial charge in [0.2, 0.25) is 0 Å². The highest BCUT2D eigenvalue weighted by atomic mass is 35.5. The fourth-order valence-electron chi connectivity index (χ4n) is 2.40. The van der Waals surface area contributed by atoms with Gasteiger partial charge in [-0.2, -0.15) is 18.3 Å². The zero-order chi connectivity index (χ0) is 18.9. The number of carbonyl (C=O) groups excluding carboxylic acids is 1. The van der Waals surface area contributed by atoms with Crippen molar-refractivity contribution >= 4 is 23.2 Å². The number of alkyl halides is 3. The molecule has 0 atom stereocenters. The number of H-pyrrole nitrogens is 1. The van der Waals surface area contributed by atoms with E-state index in [2.05, 4.69) is 15.5 Å². The molecular formula is C18H13ClF3N3O. The van der Waals surface area contributed by atoms with Crippen molar-refractivity contribution in [3.63, 3.8) is 0 Å². The number of halogens is 4. The number of anilines is 1. The van der Waals surface area contributed by atoms with Crippen LogP contribution in [0.3, 0.4) is 0 Å². The van der Waals surface area contributed by atoms with Gasteiger partial charge in [-0.15, -0.1) is 0 Å². The Hall–Kier alpha value is -2.80. The van der Waals surface area contributed by atoms with E-state index >= 15 is 0 Å². The highest BCUT2D eigenvalue weighted by Gasteiger charge is 2.30. The Morgan fingerprint density at radius 1 is 1.08 bits per heavy atom. The molecule has 1 heterocycles. The van der Waals surface area contributed by atoms with E-state index in [4.69, 9.17) is 11.6 Å². The van der Waals surface area contributed by atoms with Crippen molar-refractivity contribution in [2.24, 2.45) is 0 Å². The number of amides is 1. The molecule has 8 heteroatoms. The molecule has 0 aliphatic carbocycles. The lowest BCUT2D eigenvalue weighted by atomic mass is 10.1. The Bertz CT molecular complexity index is 932. The molecule has 0 aliphatic rings. The molecule has 0 unspecified atom stereocenters. The lowest BCUT2D eigenvalue weighted by Gasteiger charge is -2.09. The summed E-state index contributed by atoms with van der Waals surface area (Å²) in [5.74, 6) is -0.529. The second-order valence-electron chi connectivity index (χ2n) is 5.61. The second-order valence-corrected chi connectivity index (χ2v) is 6.04. The van der Waals surface area contributed by atoms with Gasteiger partial charge in [-0.25, -0.2) is 0 Å². The van der Waals surface area contributed by atoms with E-state index in [1.54, 1.807) is 31.2 Å². The van der Waals surface area contributed by atoms with Crippen LogP contribution in [0.4, 0.5) is 18.9 Å². The largest absolute Gasteiger partial charge is 0.416 e. The molecule has 3 aromatic rings. The number of rotatable bonds is 3. The number of aromatic amines is 1. The van der Waals surface area contributed by atoms with Crippen molar-refractivity contribution in [2.75, 3.05) is 5.32 Å². The van der Waals surface area contributed by atoms with Crippen LogP contribution in [0, 0.1) is 6.92 Å². The summed E-state index contributed by atoms with van der Waals surface area (Å²) in [5, 5.41) is 10.2. The Labute approximate surface area is 152 Å². The van der Waals surface area contributed by atoms with Gasteiger partial charge in [-0.1, -0.05) is 23.7 Å². The Balaban J connectivity index is 1.86.